The third-order valence-electron chi connectivity index (χ3n) is 5.54. The molecule has 1 aliphatic heterocycles. The highest BCUT2D eigenvalue weighted by Crippen LogP contribution is 2.44. The van der Waals surface area contributed by atoms with Crippen molar-refractivity contribution in [2.45, 2.75) is 61.3 Å². The van der Waals surface area contributed by atoms with E-state index in [-0.39, 0.29) is 22.6 Å². The molecule has 0 aromatic heterocycles. The topological polar surface area (TPSA) is 57.6 Å². The Bertz CT molecular complexity index is 913. The predicted molar refractivity (Wildman–Crippen MR) is 116 cm³/mol. The highest BCUT2D eigenvalue weighted by Gasteiger charge is 2.38. The number of phenols is 1. The van der Waals surface area contributed by atoms with Crippen LogP contribution in [0.5, 0.6) is 5.75 Å². The lowest BCUT2D eigenvalue weighted by Gasteiger charge is -2.26. The zero-order valence-electron chi connectivity index (χ0n) is 16.8. The maximum absolute atomic E-state index is 13.4. The highest BCUT2D eigenvalue weighted by atomic mass is 32.2. The number of rotatable bonds is 6. The second-order valence-corrected chi connectivity index (χ2v) is 10.6. The Morgan fingerprint density at radius 1 is 1.18 bits per heavy atom. The average molecular weight is 420 g/mol. The molecule has 0 fully saturated rings. The third kappa shape index (κ3) is 4.09. The SMILES string of the molecule is CCCCC1CC(c2ccccc2)c2cc(SCC)c(O)cc2S(=O)(=O)N1C. The lowest BCUT2D eigenvalue weighted by Crippen LogP contribution is -2.36. The highest BCUT2D eigenvalue weighted by molar-refractivity contribution is 7.99. The zero-order valence-corrected chi connectivity index (χ0v) is 18.4. The lowest BCUT2D eigenvalue weighted by atomic mass is 9.84. The quantitative estimate of drug-likeness (QED) is 0.652. The van der Waals surface area contributed by atoms with Crippen LogP contribution in [0.3, 0.4) is 0 Å². The molecule has 2 unspecified atom stereocenters. The molecule has 0 radical (unpaired) electrons. The van der Waals surface area contributed by atoms with E-state index >= 15 is 0 Å². The van der Waals surface area contributed by atoms with E-state index in [1.54, 1.807) is 7.05 Å². The van der Waals surface area contributed by atoms with E-state index in [0.29, 0.717) is 0 Å². The van der Waals surface area contributed by atoms with Gasteiger partial charge in [-0.25, -0.2) is 8.42 Å². The first kappa shape index (κ1) is 21.2. The number of fused-ring (bicyclic) bond motifs is 1. The van der Waals surface area contributed by atoms with Gasteiger partial charge in [0.05, 0.1) is 4.90 Å². The molecule has 1 aliphatic rings. The minimum absolute atomic E-state index is 0.0189. The average Bonchev–Trinajstić information content (AvgIpc) is 2.76. The van der Waals surface area contributed by atoms with Crippen LogP contribution in [-0.4, -0.2) is 36.7 Å². The van der Waals surface area contributed by atoms with Crippen LogP contribution in [-0.2, 0) is 10.0 Å². The standard InChI is InChI=1S/C22H29NO3S2/c1-4-6-12-17-13-18(16-10-8-7-9-11-16)19-14-21(27-5-2)20(24)15-22(19)28(25,26)23(17)3/h7-11,14-15,17-18,24H,4-6,12-13H2,1-3H3. The summed E-state index contributed by atoms with van der Waals surface area (Å²) >= 11 is 1.54. The van der Waals surface area contributed by atoms with Gasteiger partial charge in [0.1, 0.15) is 5.75 Å². The van der Waals surface area contributed by atoms with Crippen LogP contribution in [0.25, 0.3) is 0 Å². The van der Waals surface area contributed by atoms with Crippen molar-refractivity contribution in [1.29, 1.82) is 0 Å². The summed E-state index contributed by atoms with van der Waals surface area (Å²) in [5.41, 5.74) is 1.92. The van der Waals surface area contributed by atoms with Gasteiger partial charge in [-0.2, -0.15) is 4.31 Å². The molecule has 6 heteroatoms. The van der Waals surface area contributed by atoms with Gasteiger partial charge < -0.3 is 5.11 Å². The molecule has 0 bridgehead atoms. The second-order valence-electron chi connectivity index (χ2n) is 7.31. The van der Waals surface area contributed by atoms with Crippen molar-refractivity contribution in [2.75, 3.05) is 12.8 Å². The summed E-state index contributed by atoms with van der Waals surface area (Å²) in [7, 11) is -1.99. The van der Waals surface area contributed by atoms with Crippen molar-refractivity contribution in [1.82, 2.24) is 4.31 Å². The summed E-state index contributed by atoms with van der Waals surface area (Å²) in [5, 5.41) is 10.5. The van der Waals surface area contributed by atoms with Gasteiger partial charge in [-0.15, -0.1) is 11.8 Å². The lowest BCUT2D eigenvalue weighted by molar-refractivity contribution is 0.322. The molecule has 2 aromatic rings. The maximum Gasteiger partial charge on any atom is 0.243 e. The van der Waals surface area contributed by atoms with Crippen LogP contribution >= 0.6 is 11.8 Å². The number of nitrogens with zero attached hydrogens (tertiary/aromatic N) is 1. The number of sulfonamides is 1. The zero-order chi connectivity index (χ0) is 20.3. The molecule has 0 amide bonds. The molecule has 0 spiro atoms. The van der Waals surface area contributed by atoms with Crippen LogP contribution in [0.1, 0.15) is 56.6 Å². The fourth-order valence-corrected chi connectivity index (χ4v) is 6.35. The Labute approximate surface area is 173 Å². The molecule has 152 valence electrons. The first-order valence-electron chi connectivity index (χ1n) is 9.92. The number of aromatic hydroxyl groups is 1. The Balaban J connectivity index is 2.21. The number of hydrogen-bond acceptors (Lipinski definition) is 4. The smallest absolute Gasteiger partial charge is 0.243 e. The minimum atomic E-state index is -3.67. The van der Waals surface area contributed by atoms with E-state index in [0.717, 1.165) is 47.5 Å². The van der Waals surface area contributed by atoms with Crippen molar-refractivity contribution in [3.63, 3.8) is 0 Å². The van der Waals surface area contributed by atoms with Gasteiger partial charge in [-0.1, -0.05) is 57.0 Å². The monoisotopic (exact) mass is 419 g/mol. The Morgan fingerprint density at radius 2 is 1.89 bits per heavy atom. The van der Waals surface area contributed by atoms with Gasteiger partial charge in [0.2, 0.25) is 10.0 Å². The molecule has 4 nitrogen and oxygen atoms in total. The predicted octanol–water partition coefficient (Wildman–Crippen LogP) is 5.22. The molecule has 3 rings (SSSR count). The van der Waals surface area contributed by atoms with E-state index in [9.17, 15) is 13.5 Å². The Morgan fingerprint density at radius 3 is 2.54 bits per heavy atom. The maximum atomic E-state index is 13.4. The molecule has 28 heavy (non-hydrogen) atoms. The number of thioether (sulfide) groups is 1. The fourth-order valence-electron chi connectivity index (χ4n) is 3.97. The van der Waals surface area contributed by atoms with Crippen molar-refractivity contribution < 1.29 is 13.5 Å². The van der Waals surface area contributed by atoms with Crippen molar-refractivity contribution in [3.8, 4) is 5.75 Å². The molecule has 1 N–H and O–H groups in total. The molecule has 0 saturated heterocycles. The van der Waals surface area contributed by atoms with Crippen molar-refractivity contribution in [2.24, 2.45) is 0 Å². The van der Waals surface area contributed by atoms with Crippen LogP contribution in [0.15, 0.2) is 52.3 Å². The largest absolute Gasteiger partial charge is 0.507 e. The normalized spacial score (nSPS) is 21.8. The van der Waals surface area contributed by atoms with Gasteiger partial charge >= 0.3 is 0 Å². The minimum Gasteiger partial charge on any atom is -0.507 e. The second kappa shape index (κ2) is 8.89. The van der Waals surface area contributed by atoms with E-state index in [1.165, 1.54) is 22.1 Å². The van der Waals surface area contributed by atoms with Crippen LogP contribution < -0.4 is 0 Å². The van der Waals surface area contributed by atoms with Gasteiger partial charge in [-0.3, -0.25) is 0 Å². The summed E-state index contributed by atoms with van der Waals surface area (Å²) in [5.74, 6) is 0.838. The molecular weight excluding hydrogens is 390 g/mol. The number of phenolic OH excluding ortho intramolecular Hbond substituents is 1. The van der Waals surface area contributed by atoms with Crippen LogP contribution in [0, 0.1) is 0 Å². The van der Waals surface area contributed by atoms with E-state index < -0.39 is 10.0 Å². The van der Waals surface area contributed by atoms with Gasteiger partial charge in [0.15, 0.2) is 0 Å². The molecular formula is C22H29NO3S2. The Hall–Kier alpha value is -1.50. The van der Waals surface area contributed by atoms with Gasteiger partial charge in [0, 0.05) is 30.0 Å². The third-order valence-corrected chi connectivity index (χ3v) is 8.43. The molecule has 2 atom stereocenters. The molecule has 0 aliphatic carbocycles. The summed E-state index contributed by atoms with van der Waals surface area (Å²) in [6, 6.07) is 13.4. The van der Waals surface area contributed by atoms with E-state index in [4.69, 9.17) is 0 Å². The van der Waals surface area contributed by atoms with Crippen molar-refractivity contribution in [3.05, 3.63) is 53.6 Å². The van der Waals surface area contributed by atoms with Crippen LogP contribution in [0.4, 0.5) is 0 Å². The van der Waals surface area contributed by atoms with Crippen LogP contribution in [0.2, 0.25) is 0 Å². The summed E-state index contributed by atoms with van der Waals surface area (Å²) in [4.78, 5) is 0.979. The van der Waals surface area contributed by atoms with E-state index in [1.807, 2.05) is 31.2 Å². The fraction of sp³-hybridized carbons (Fsp3) is 0.455. The number of unbranched alkanes of at least 4 members (excludes halogenated alkanes) is 1. The first-order chi connectivity index (χ1) is 13.4. The summed E-state index contributed by atoms with van der Waals surface area (Å²) < 4.78 is 28.3. The molecule has 0 saturated carbocycles. The number of hydrogen-bond donors (Lipinski definition) is 1. The molecule has 1 heterocycles. The summed E-state index contributed by atoms with van der Waals surface area (Å²) in [6.45, 7) is 4.15. The van der Waals surface area contributed by atoms with Gasteiger partial charge in [-0.05, 0) is 35.8 Å². The number of benzene rings is 2. The van der Waals surface area contributed by atoms with E-state index in [2.05, 4.69) is 19.1 Å². The first-order valence-corrected chi connectivity index (χ1v) is 12.3. The van der Waals surface area contributed by atoms with Crippen molar-refractivity contribution >= 4 is 21.8 Å². The molecule has 2 aromatic carbocycles. The van der Waals surface area contributed by atoms with Gasteiger partial charge in [0.25, 0.3) is 0 Å². The summed E-state index contributed by atoms with van der Waals surface area (Å²) in [6.07, 6.45) is 3.61. The Kier molecular flexibility index (Phi) is 6.73.